The molecule has 0 atom stereocenters. The van der Waals surface area contributed by atoms with Crippen LogP contribution in [0.25, 0.3) is 10.9 Å². The zero-order chi connectivity index (χ0) is 25.7. The highest BCUT2D eigenvalue weighted by atomic mass is 16.5. The predicted octanol–water partition coefficient (Wildman–Crippen LogP) is 4.39. The van der Waals surface area contributed by atoms with E-state index in [1.54, 1.807) is 0 Å². The third kappa shape index (κ3) is 5.55. The summed E-state index contributed by atoms with van der Waals surface area (Å²) < 4.78 is 11.6. The molecule has 3 aromatic rings. The molecule has 1 aliphatic heterocycles. The maximum absolute atomic E-state index is 12.4. The molecule has 0 bridgehead atoms. The fourth-order valence-electron chi connectivity index (χ4n) is 4.83. The first kappa shape index (κ1) is 25.7. The van der Waals surface area contributed by atoms with E-state index in [0.717, 1.165) is 50.0 Å². The van der Waals surface area contributed by atoms with Crippen molar-refractivity contribution < 1.29 is 19.4 Å². The number of hydrogen-bond acceptors (Lipinski definition) is 7. The van der Waals surface area contributed by atoms with Crippen LogP contribution in [0.1, 0.15) is 55.1 Å². The standard InChI is InChI=1S/C28H36N4O4/c1-4-20-18(17-32-12-10-19(33)11-13-32)8-7-9-23(20)31-27-21-14-25(35-5-2)26(36-6-3)15-24(21)30-16-22(27)28(29)34/h7-9,14-16,19,33H,4-6,10-13,17H2,1-3H3,(H2,29,34)(H,30,31). The Morgan fingerprint density at radius 1 is 1.14 bits per heavy atom. The van der Waals surface area contributed by atoms with Crippen molar-refractivity contribution in [1.82, 2.24) is 9.88 Å². The van der Waals surface area contributed by atoms with E-state index in [4.69, 9.17) is 15.2 Å². The van der Waals surface area contributed by atoms with Gasteiger partial charge < -0.3 is 25.6 Å². The minimum atomic E-state index is -0.556. The minimum Gasteiger partial charge on any atom is -0.490 e. The topological polar surface area (TPSA) is 110 Å². The van der Waals surface area contributed by atoms with Gasteiger partial charge in [0.05, 0.1) is 36.1 Å². The van der Waals surface area contributed by atoms with E-state index in [-0.39, 0.29) is 6.10 Å². The van der Waals surface area contributed by atoms with Gasteiger partial charge >= 0.3 is 0 Å². The summed E-state index contributed by atoms with van der Waals surface area (Å²) in [5, 5.41) is 14.1. The number of ether oxygens (including phenoxy) is 2. The van der Waals surface area contributed by atoms with Crippen LogP contribution >= 0.6 is 0 Å². The van der Waals surface area contributed by atoms with Gasteiger partial charge in [0, 0.05) is 43.0 Å². The second-order valence-electron chi connectivity index (χ2n) is 9.02. The van der Waals surface area contributed by atoms with E-state index in [1.165, 1.54) is 17.3 Å². The molecular weight excluding hydrogens is 456 g/mol. The number of benzene rings is 2. The summed E-state index contributed by atoms with van der Waals surface area (Å²) in [6.45, 7) is 9.52. The van der Waals surface area contributed by atoms with Crippen LogP contribution in [0.15, 0.2) is 36.5 Å². The summed E-state index contributed by atoms with van der Waals surface area (Å²) in [5.41, 5.74) is 10.7. The number of primary amides is 1. The van der Waals surface area contributed by atoms with E-state index in [9.17, 15) is 9.90 Å². The van der Waals surface area contributed by atoms with Crippen molar-refractivity contribution in [3.63, 3.8) is 0 Å². The summed E-state index contributed by atoms with van der Waals surface area (Å²) >= 11 is 0. The van der Waals surface area contributed by atoms with Gasteiger partial charge in [0.1, 0.15) is 0 Å². The van der Waals surface area contributed by atoms with Gasteiger partial charge in [-0.15, -0.1) is 0 Å². The van der Waals surface area contributed by atoms with E-state index < -0.39 is 5.91 Å². The molecule has 0 aliphatic carbocycles. The Balaban J connectivity index is 1.77. The van der Waals surface area contributed by atoms with Gasteiger partial charge in [-0.2, -0.15) is 0 Å². The molecule has 1 aliphatic rings. The molecule has 1 aromatic heterocycles. The van der Waals surface area contributed by atoms with Gasteiger partial charge in [0.25, 0.3) is 5.91 Å². The van der Waals surface area contributed by atoms with Crippen LogP contribution in [0, 0.1) is 0 Å². The molecule has 1 amide bonds. The molecule has 2 aromatic carbocycles. The first-order chi connectivity index (χ1) is 17.4. The van der Waals surface area contributed by atoms with Gasteiger partial charge in [-0.1, -0.05) is 19.1 Å². The Hall–Kier alpha value is -3.36. The van der Waals surface area contributed by atoms with E-state index in [0.29, 0.717) is 41.5 Å². The third-order valence-electron chi connectivity index (χ3n) is 6.64. The largest absolute Gasteiger partial charge is 0.490 e. The molecule has 8 heteroatoms. The Bertz CT molecular complexity index is 1220. The number of nitrogens with zero attached hydrogens (tertiary/aromatic N) is 2. The third-order valence-corrected chi connectivity index (χ3v) is 6.64. The number of aromatic nitrogens is 1. The molecule has 0 radical (unpaired) electrons. The van der Waals surface area contributed by atoms with Crippen LogP contribution in [0.3, 0.4) is 0 Å². The number of anilines is 2. The molecule has 1 fully saturated rings. The van der Waals surface area contributed by atoms with Crippen molar-refractivity contribution in [2.45, 2.75) is 52.7 Å². The molecular formula is C28H36N4O4. The molecule has 0 saturated carbocycles. The normalized spacial score (nSPS) is 14.7. The number of nitrogens with one attached hydrogen (secondary N) is 1. The Kier molecular flexibility index (Phi) is 8.28. The smallest absolute Gasteiger partial charge is 0.252 e. The average Bonchev–Trinajstić information content (AvgIpc) is 2.86. The number of aliphatic hydroxyl groups excluding tert-OH is 1. The van der Waals surface area contributed by atoms with Crippen molar-refractivity contribution >= 4 is 28.2 Å². The first-order valence-electron chi connectivity index (χ1n) is 12.7. The number of likely N-dealkylation sites (tertiary alicyclic amines) is 1. The van der Waals surface area contributed by atoms with Crippen molar-refractivity contribution in [2.75, 3.05) is 31.6 Å². The summed E-state index contributed by atoms with van der Waals surface area (Å²) in [4.78, 5) is 19.3. The van der Waals surface area contributed by atoms with Crippen molar-refractivity contribution in [3.05, 3.63) is 53.2 Å². The highest BCUT2D eigenvalue weighted by Crippen LogP contribution is 2.38. The van der Waals surface area contributed by atoms with Crippen LogP contribution in [0.4, 0.5) is 11.4 Å². The molecule has 4 rings (SSSR count). The lowest BCUT2D eigenvalue weighted by Crippen LogP contribution is -2.35. The number of carbonyl (C=O) groups excluding carboxylic acids is 1. The first-order valence-corrected chi connectivity index (χ1v) is 12.7. The van der Waals surface area contributed by atoms with Gasteiger partial charge in [0.15, 0.2) is 11.5 Å². The van der Waals surface area contributed by atoms with E-state index >= 15 is 0 Å². The monoisotopic (exact) mass is 492 g/mol. The van der Waals surface area contributed by atoms with Crippen molar-refractivity contribution in [2.24, 2.45) is 5.73 Å². The van der Waals surface area contributed by atoms with Crippen molar-refractivity contribution in [1.29, 1.82) is 0 Å². The molecule has 4 N–H and O–H groups in total. The Morgan fingerprint density at radius 3 is 2.47 bits per heavy atom. The fraction of sp³-hybridized carbons (Fsp3) is 0.429. The summed E-state index contributed by atoms with van der Waals surface area (Å²) in [7, 11) is 0. The summed E-state index contributed by atoms with van der Waals surface area (Å²) in [6, 6.07) is 9.90. The van der Waals surface area contributed by atoms with Gasteiger partial charge in [-0.25, -0.2) is 0 Å². The second-order valence-corrected chi connectivity index (χ2v) is 9.02. The number of carbonyl (C=O) groups is 1. The van der Waals surface area contributed by atoms with Gasteiger partial charge in [0.2, 0.25) is 0 Å². The van der Waals surface area contributed by atoms with Crippen LogP contribution in [-0.4, -0.2) is 53.3 Å². The zero-order valence-corrected chi connectivity index (χ0v) is 21.3. The van der Waals surface area contributed by atoms with Crippen LogP contribution in [0.2, 0.25) is 0 Å². The number of pyridine rings is 1. The van der Waals surface area contributed by atoms with Gasteiger partial charge in [-0.3, -0.25) is 14.7 Å². The Morgan fingerprint density at radius 2 is 1.83 bits per heavy atom. The zero-order valence-electron chi connectivity index (χ0n) is 21.3. The quantitative estimate of drug-likeness (QED) is 0.385. The summed E-state index contributed by atoms with van der Waals surface area (Å²) in [6.07, 6.45) is 3.74. The molecule has 8 nitrogen and oxygen atoms in total. The van der Waals surface area contributed by atoms with E-state index in [1.807, 2.05) is 38.1 Å². The second kappa shape index (κ2) is 11.6. The van der Waals surface area contributed by atoms with Crippen LogP contribution < -0.4 is 20.5 Å². The number of aliphatic hydroxyl groups is 1. The number of amides is 1. The highest BCUT2D eigenvalue weighted by molar-refractivity contribution is 6.08. The number of piperidine rings is 1. The lowest BCUT2D eigenvalue weighted by atomic mass is 9.99. The maximum Gasteiger partial charge on any atom is 0.252 e. The molecule has 36 heavy (non-hydrogen) atoms. The molecule has 1 saturated heterocycles. The lowest BCUT2D eigenvalue weighted by Gasteiger charge is -2.30. The number of fused-ring (bicyclic) bond motifs is 1. The molecule has 0 spiro atoms. The van der Waals surface area contributed by atoms with E-state index in [2.05, 4.69) is 28.2 Å². The fourth-order valence-corrected chi connectivity index (χ4v) is 4.83. The molecule has 192 valence electrons. The molecule has 2 heterocycles. The van der Waals surface area contributed by atoms with Gasteiger partial charge in [-0.05, 0) is 56.4 Å². The average molecular weight is 493 g/mol. The number of nitrogens with two attached hydrogens (primary N) is 1. The number of rotatable bonds is 10. The number of hydrogen-bond donors (Lipinski definition) is 3. The van der Waals surface area contributed by atoms with Crippen LogP contribution in [0.5, 0.6) is 11.5 Å². The maximum atomic E-state index is 12.4. The highest BCUT2D eigenvalue weighted by Gasteiger charge is 2.21. The van der Waals surface area contributed by atoms with Crippen LogP contribution in [-0.2, 0) is 13.0 Å². The Labute approximate surface area is 212 Å². The lowest BCUT2D eigenvalue weighted by molar-refractivity contribution is 0.0791. The van der Waals surface area contributed by atoms with Crippen molar-refractivity contribution in [3.8, 4) is 11.5 Å². The molecule has 0 unspecified atom stereocenters. The SMILES string of the molecule is CCOc1cc2ncc(C(N)=O)c(Nc3cccc(CN4CCC(O)CC4)c3CC)c2cc1OCC. The minimum absolute atomic E-state index is 0.197. The summed E-state index contributed by atoms with van der Waals surface area (Å²) in [5.74, 6) is 0.648. The predicted molar refractivity (Wildman–Crippen MR) is 142 cm³/mol.